The van der Waals surface area contributed by atoms with Crippen molar-refractivity contribution in [2.45, 2.75) is 12.8 Å². The fraction of sp³-hybridized carbons (Fsp3) is 0.333. The second-order valence-corrected chi connectivity index (χ2v) is 7.70. The van der Waals surface area contributed by atoms with Gasteiger partial charge < -0.3 is 24.3 Å². The van der Waals surface area contributed by atoms with E-state index in [2.05, 4.69) is 5.32 Å². The molecule has 2 aromatic rings. The molecule has 1 N–H and O–H groups in total. The molecule has 2 aliphatic heterocycles. The van der Waals surface area contributed by atoms with Crippen molar-refractivity contribution < 1.29 is 38.1 Å². The van der Waals surface area contributed by atoms with Crippen molar-refractivity contribution >= 4 is 29.4 Å². The normalized spacial score (nSPS) is 14.4. The predicted molar refractivity (Wildman–Crippen MR) is 119 cm³/mol. The molecular weight excluding hydrogens is 444 g/mol. The zero-order valence-corrected chi connectivity index (χ0v) is 18.6. The number of imide groups is 1. The average molecular weight is 468 g/mol. The minimum atomic E-state index is -0.783. The number of nitrogens with one attached hydrogen (secondary N) is 1. The van der Waals surface area contributed by atoms with Gasteiger partial charge in [0.1, 0.15) is 0 Å². The lowest BCUT2D eigenvalue weighted by Gasteiger charge is -2.12. The Balaban J connectivity index is 1.34. The Labute approximate surface area is 195 Å². The van der Waals surface area contributed by atoms with Gasteiger partial charge in [0.05, 0.1) is 29.9 Å². The first-order valence-corrected chi connectivity index (χ1v) is 10.8. The lowest BCUT2D eigenvalue weighted by Crippen LogP contribution is -2.31. The highest BCUT2D eigenvalue weighted by Crippen LogP contribution is 2.32. The molecule has 34 heavy (non-hydrogen) atoms. The maximum absolute atomic E-state index is 12.6. The van der Waals surface area contributed by atoms with Crippen molar-refractivity contribution in [3.8, 4) is 11.5 Å². The molecule has 0 saturated heterocycles. The molecule has 2 aromatic carbocycles. The fourth-order valence-electron chi connectivity index (χ4n) is 3.64. The summed E-state index contributed by atoms with van der Waals surface area (Å²) in [5.41, 5.74) is 0.905. The van der Waals surface area contributed by atoms with Crippen LogP contribution in [0.5, 0.6) is 11.5 Å². The van der Waals surface area contributed by atoms with Gasteiger partial charge in [0.2, 0.25) is 0 Å². The number of rotatable bonds is 8. The summed E-state index contributed by atoms with van der Waals surface area (Å²) in [6, 6.07) is 9.13. The van der Waals surface area contributed by atoms with Crippen LogP contribution < -0.4 is 14.8 Å². The van der Waals surface area contributed by atoms with Gasteiger partial charge in [-0.25, -0.2) is 4.79 Å². The first kappa shape index (κ1) is 23.2. The number of carbonyl (C=O) groups is 4. The number of benzene rings is 2. The van der Waals surface area contributed by atoms with Gasteiger partial charge in [-0.15, -0.1) is 0 Å². The molecule has 0 spiro atoms. The number of hydrogen-bond acceptors (Lipinski definition) is 8. The Morgan fingerprint density at radius 2 is 1.76 bits per heavy atom. The molecule has 10 heteroatoms. The van der Waals surface area contributed by atoms with E-state index in [1.54, 1.807) is 18.2 Å². The number of anilines is 1. The van der Waals surface area contributed by atoms with Gasteiger partial charge >= 0.3 is 5.97 Å². The summed E-state index contributed by atoms with van der Waals surface area (Å²) in [6.07, 6.45) is 1.27. The molecule has 0 unspecified atom stereocenters. The molecule has 2 heterocycles. The lowest BCUT2D eigenvalue weighted by atomic mass is 10.1. The van der Waals surface area contributed by atoms with Crippen LogP contribution in [0.1, 0.15) is 43.9 Å². The van der Waals surface area contributed by atoms with Gasteiger partial charge in [0, 0.05) is 38.4 Å². The minimum Gasteiger partial charge on any atom is -0.490 e. The molecule has 2 aliphatic rings. The summed E-state index contributed by atoms with van der Waals surface area (Å²) >= 11 is 0. The Kier molecular flexibility index (Phi) is 7.07. The summed E-state index contributed by atoms with van der Waals surface area (Å²) in [5.74, 6) is -1.08. The average Bonchev–Trinajstić information content (AvgIpc) is 2.99. The Morgan fingerprint density at radius 1 is 1.00 bits per heavy atom. The summed E-state index contributed by atoms with van der Waals surface area (Å²) in [4.78, 5) is 50.9. The van der Waals surface area contributed by atoms with Crippen LogP contribution in [0.25, 0.3) is 0 Å². The summed E-state index contributed by atoms with van der Waals surface area (Å²) in [7, 11) is 1.54. The second kappa shape index (κ2) is 10.3. The van der Waals surface area contributed by atoms with Gasteiger partial charge in [-0.2, -0.15) is 0 Å². The van der Waals surface area contributed by atoms with Gasteiger partial charge in [-0.1, -0.05) is 0 Å². The highest BCUT2D eigenvalue weighted by Gasteiger charge is 2.35. The maximum atomic E-state index is 12.6. The molecule has 0 radical (unpaired) electrons. The number of fused-ring (bicyclic) bond motifs is 2. The number of hydrogen-bond donors (Lipinski definition) is 1. The van der Waals surface area contributed by atoms with Crippen LogP contribution in [0.2, 0.25) is 0 Å². The van der Waals surface area contributed by atoms with Crippen LogP contribution in [-0.4, -0.2) is 68.7 Å². The van der Waals surface area contributed by atoms with E-state index < -0.39 is 30.3 Å². The third-order valence-corrected chi connectivity index (χ3v) is 5.30. The van der Waals surface area contributed by atoms with E-state index in [1.807, 2.05) is 0 Å². The second-order valence-electron chi connectivity index (χ2n) is 7.70. The maximum Gasteiger partial charge on any atom is 0.338 e. The fourth-order valence-corrected chi connectivity index (χ4v) is 3.64. The third kappa shape index (κ3) is 5.01. The molecule has 10 nitrogen and oxygen atoms in total. The predicted octanol–water partition coefficient (Wildman–Crippen LogP) is 2.28. The van der Waals surface area contributed by atoms with E-state index in [1.165, 1.54) is 25.3 Å². The molecule has 3 amide bonds. The third-order valence-electron chi connectivity index (χ3n) is 5.30. The van der Waals surface area contributed by atoms with E-state index >= 15 is 0 Å². The molecule has 4 rings (SSSR count). The number of nitrogens with zero attached hydrogens (tertiary/aromatic N) is 1. The molecular formula is C24H24N2O8. The van der Waals surface area contributed by atoms with Crippen LogP contribution in [0.4, 0.5) is 5.69 Å². The number of methoxy groups -OCH3 is 1. The van der Waals surface area contributed by atoms with Gasteiger partial charge in [-0.3, -0.25) is 19.3 Å². The van der Waals surface area contributed by atoms with Crippen LogP contribution in [0.15, 0.2) is 36.4 Å². The van der Waals surface area contributed by atoms with Crippen molar-refractivity contribution in [3.63, 3.8) is 0 Å². The molecule has 0 aromatic heterocycles. The quantitative estimate of drug-likeness (QED) is 0.356. The van der Waals surface area contributed by atoms with E-state index in [0.29, 0.717) is 43.4 Å². The van der Waals surface area contributed by atoms with Crippen molar-refractivity contribution in [3.05, 3.63) is 53.1 Å². The number of carbonyl (C=O) groups excluding carboxylic acids is 4. The first-order chi connectivity index (χ1) is 16.5. The highest BCUT2D eigenvalue weighted by molar-refractivity contribution is 6.22. The van der Waals surface area contributed by atoms with E-state index in [4.69, 9.17) is 18.9 Å². The van der Waals surface area contributed by atoms with Gasteiger partial charge in [0.25, 0.3) is 17.7 Å². The number of amides is 3. The van der Waals surface area contributed by atoms with E-state index in [9.17, 15) is 19.2 Å². The monoisotopic (exact) mass is 468 g/mol. The van der Waals surface area contributed by atoms with Crippen molar-refractivity contribution in [1.82, 2.24) is 4.90 Å². The Hall–Kier alpha value is -3.92. The van der Waals surface area contributed by atoms with Crippen LogP contribution in [0, 0.1) is 0 Å². The zero-order chi connectivity index (χ0) is 24.1. The largest absolute Gasteiger partial charge is 0.490 e. The van der Waals surface area contributed by atoms with Crippen molar-refractivity contribution in [2.24, 2.45) is 0 Å². The van der Waals surface area contributed by atoms with E-state index in [-0.39, 0.29) is 23.2 Å². The molecule has 0 bridgehead atoms. The van der Waals surface area contributed by atoms with E-state index in [0.717, 1.165) is 11.3 Å². The minimum absolute atomic E-state index is 0.0713. The Bertz CT molecular complexity index is 1130. The first-order valence-electron chi connectivity index (χ1n) is 10.8. The summed E-state index contributed by atoms with van der Waals surface area (Å²) in [5, 5.41) is 2.64. The molecule has 0 saturated carbocycles. The summed E-state index contributed by atoms with van der Waals surface area (Å²) in [6.45, 7) is 1.18. The highest BCUT2D eigenvalue weighted by atomic mass is 16.5. The smallest absolute Gasteiger partial charge is 0.338 e. The standard InChI is InChI=1S/C24H24N2O8/c1-31-9-2-8-26-22(28)17-6-4-15(12-18(17)23(26)29)24(30)34-14-21(27)25-16-5-7-19-20(13-16)33-11-3-10-32-19/h4-7,12-13H,2-3,8-11,14H2,1H3,(H,25,27). The zero-order valence-electron chi connectivity index (χ0n) is 18.6. The molecule has 178 valence electrons. The van der Waals surface area contributed by atoms with Crippen molar-refractivity contribution in [2.75, 3.05) is 45.4 Å². The molecule has 0 fully saturated rings. The Morgan fingerprint density at radius 3 is 2.56 bits per heavy atom. The topological polar surface area (TPSA) is 120 Å². The SMILES string of the molecule is COCCCN1C(=O)c2ccc(C(=O)OCC(=O)Nc3ccc4c(c3)OCCCO4)cc2C1=O. The van der Waals surface area contributed by atoms with Crippen molar-refractivity contribution in [1.29, 1.82) is 0 Å². The number of esters is 1. The molecule has 0 atom stereocenters. The van der Waals surface area contributed by atoms with Crippen LogP contribution >= 0.6 is 0 Å². The lowest BCUT2D eigenvalue weighted by molar-refractivity contribution is -0.119. The number of ether oxygens (including phenoxy) is 4. The molecule has 0 aliphatic carbocycles. The van der Waals surface area contributed by atoms with Gasteiger partial charge in [0.15, 0.2) is 18.1 Å². The van der Waals surface area contributed by atoms with Crippen LogP contribution in [-0.2, 0) is 14.3 Å². The summed E-state index contributed by atoms with van der Waals surface area (Å²) < 4.78 is 21.2. The van der Waals surface area contributed by atoms with Gasteiger partial charge in [-0.05, 0) is 36.8 Å². The van der Waals surface area contributed by atoms with Crippen LogP contribution in [0.3, 0.4) is 0 Å².